The van der Waals surface area contributed by atoms with Crippen molar-refractivity contribution in [2.24, 2.45) is 0 Å². The van der Waals surface area contributed by atoms with Gasteiger partial charge in [-0.2, -0.15) is 4.98 Å². The molecule has 2 aromatic rings. The molecule has 2 heterocycles. The summed E-state index contributed by atoms with van der Waals surface area (Å²) in [7, 11) is 0. The van der Waals surface area contributed by atoms with E-state index in [4.69, 9.17) is 15.0 Å². The molecule has 0 spiro atoms. The summed E-state index contributed by atoms with van der Waals surface area (Å²) in [6, 6.07) is 7.60. The maximum atomic E-state index is 5.71. The van der Waals surface area contributed by atoms with Gasteiger partial charge in [-0.1, -0.05) is 17.3 Å². The average molecular weight is 257 g/mol. The molecule has 0 saturated carbocycles. The predicted molar refractivity (Wildman–Crippen MR) is 72.0 cm³/mol. The van der Waals surface area contributed by atoms with Crippen molar-refractivity contribution >= 4 is 17.8 Å². The summed E-state index contributed by atoms with van der Waals surface area (Å²) in [4.78, 5) is 4.31. The van der Waals surface area contributed by atoms with Crippen molar-refractivity contribution in [3.63, 3.8) is 0 Å². The highest BCUT2D eigenvalue weighted by Gasteiger charge is 2.22. The van der Waals surface area contributed by atoms with Crippen molar-refractivity contribution in [2.45, 2.75) is 18.9 Å². The molecule has 0 amide bonds. The topological polar surface area (TPSA) is 74.2 Å². The number of ether oxygens (including phenoxy) is 1. The Balaban J connectivity index is 1.73. The van der Waals surface area contributed by atoms with Crippen LogP contribution in [0.2, 0.25) is 0 Å². The monoisotopic (exact) mass is 257 g/mol. The van der Waals surface area contributed by atoms with E-state index in [-0.39, 0.29) is 6.10 Å². The van der Waals surface area contributed by atoms with Crippen LogP contribution in [0.25, 0.3) is 12.2 Å². The SMILES string of the molecule is Nc1cccc(/C=C/c2nc(C3CCCO3)no2)c1. The fourth-order valence-electron chi connectivity index (χ4n) is 2.06. The van der Waals surface area contributed by atoms with E-state index in [9.17, 15) is 0 Å². The van der Waals surface area contributed by atoms with Crippen LogP contribution in [0.1, 0.15) is 36.2 Å². The van der Waals surface area contributed by atoms with E-state index in [0.717, 1.165) is 30.7 Å². The van der Waals surface area contributed by atoms with Gasteiger partial charge in [0.25, 0.3) is 5.89 Å². The van der Waals surface area contributed by atoms with Crippen molar-refractivity contribution in [3.05, 3.63) is 41.5 Å². The lowest BCUT2D eigenvalue weighted by atomic mass is 10.2. The average Bonchev–Trinajstić information content (AvgIpc) is 3.07. The van der Waals surface area contributed by atoms with E-state index in [0.29, 0.717) is 11.7 Å². The molecule has 2 N–H and O–H groups in total. The predicted octanol–water partition coefficient (Wildman–Crippen LogP) is 2.67. The second-order valence-corrected chi connectivity index (χ2v) is 4.50. The number of aromatic nitrogens is 2. The molecule has 0 radical (unpaired) electrons. The molecule has 1 saturated heterocycles. The van der Waals surface area contributed by atoms with Gasteiger partial charge in [0, 0.05) is 18.4 Å². The van der Waals surface area contributed by atoms with E-state index >= 15 is 0 Å². The van der Waals surface area contributed by atoms with Crippen LogP contribution < -0.4 is 5.73 Å². The summed E-state index contributed by atoms with van der Waals surface area (Å²) in [5.74, 6) is 1.11. The van der Waals surface area contributed by atoms with Gasteiger partial charge < -0.3 is 15.0 Å². The van der Waals surface area contributed by atoms with E-state index in [1.807, 2.05) is 30.3 Å². The number of nitrogen functional groups attached to an aromatic ring is 1. The first-order chi connectivity index (χ1) is 9.31. The van der Waals surface area contributed by atoms with Crippen LogP contribution in [0.15, 0.2) is 28.8 Å². The molecule has 1 fully saturated rings. The summed E-state index contributed by atoms with van der Waals surface area (Å²) >= 11 is 0. The van der Waals surface area contributed by atoms with Crippen LogP contribution in [-0.2, 0) is 4.74 Å². The summed E-state index contributed by atoms with van der Waals surface area (Å²) < 4.78 is 10.7. The number of rotatable bonds is 3. The number of hydrogen-bond acceptors (Lipinski definition) is 5. The van der Waals surface area contributed by atoms with Gasteiger partial charge in [0.15, 0.2) is 0 Å². The Morgan fingerprint density at radius 2 is 2.26 bits per heavy atom. The van der Waals surface area contributed by atoms with Crippen LogP contribution in [0.4, 0.5) is 5.69 Å². The van der Waals surface area contributed by atoms with Crippen LogP contribution in [0, 0.1) is 0 Å². The summed E-state index contributed by atoms with van der Waals surface area (Å²) in [5, 5.41) is 3.94. The fraction of sp³-hybridized carbons (Fsp3) is 0.286. The molecule has 1 aromatic carbocycles. The highest BCUT2D eigenvalue weighted by Crippen LogP contribution is 2.26. The molecular weight excluding hydrogens is 242 g/mol. The first-order valence-corrected chi connectivity index (χ1v) is 6.30. The Morgan fingerprint density at radius 3 is 3.05 bits per heavy atom. The van der Waals surface area contributed by atoms with Gasteiger partial charge >= 0.3 is 0 Å². The molecule has 98 valence electrons. The zero-order valence-corrected chi connectivity index (χ0v) is 10.5. The molecule has 19 heavy (non-hydrogen) atoms. The van der Waals surface area contributed by atoms with E-state index < -0.39 is 0 Å². The van der Waals surface area contributed by atoms with Gasteiger partial charge in [-0.25, -0.2) is 0 Å². The fourth-order valence-corrected chi connectivity index (χ4v) is 2.06. The molecule has 1 unspecified atom stereocenters. The Bertz CT molecular complexity index is 586. The minimum absolute atomic E-state index is 0.0155. The number of benzene rings is 1. The lowest BCUT2D eigenvalue weighted by Gasteiger charge is -2.00. The molecule has 0 aliphatic carbocycles. The van der Waals surface area contributed by atoms with Crippen molar-refractivity contribution in [1.29, 1.82) is 0 Å². The second-order valence-electron chi connectivity index (χ2n) is 4.50. The van der Waals surface area contributed by atoms with Gasteiger partial charge in [-0.05, 0) is 36.6 Å². The third kappa shape index (κ3) is 2.82. The highest BCUT2D eigenvalue weighted by molar-refractivity contribution is 5.67. The molecule has 0 bridgehead atoms. The van der Waals surface area contributed by atoms with Crippen molar-refractivity contribution in [2.75, 3.05) is 12.3 Å². The molecule has 5 heteroatoms. The summed E-state index contributed by atoms with van der Waals surface area (Å²) in [6.07, 6.45) is 5.66. The Hall–Kier alpha value is -2.14. The van der Waals surface area contributed by atoms with Gasteiger partial charge in [-0.15, -0.1) is 0 Å². The van der Waals surface area contributed by atoms with Gasteiger partial charge in [-0.3, -0.25) is 0 Å². The number of anilines is 1. The maximum absolute atomic E-state index is 5.71. The Morgan fingerprint density at radius 1 is 1.32 bits per heavy atom. The molecule has 3 rings (SSSR count). The summed E-state index contributed by atoms with van der Waals surface area (Å²) in [6.45, 7) is 0.771. The first kappa shape index (κ1) is 11.9. The van der Waals surface area contributed by atoms with Gasteiger partial charge in [0.2, 0.25) is 5.82 Å². The molecule has 1 aliphatic rings. The lowest BCUT2D eigenvalue weighted by molar-refractivity contribution is 0.103. The van der Waals surface area contributed by atoms with E-state index in [2.05, 4.69) is 10.1 Å². The first-order valence-electron chi connectivity index (χ1n) is 6.30. The van der Waals surface area contributed by atoms with Crippen LogP contribution >= 0.6 is 0 Å². The smallest absolute Gasteiger partial charge is 0.250 e. The number of nitrogens with zero attached hydrogens (tertiary/aromatic N) is 2. The largest absolute Gasteiger partial charge is 0.399 e. The van der Waals surface area contributed by atoms with E-state index in [1.54, 1.807) is 6.08 Å². The van der Waals surface area contributed by atoms with Crippen LogP contribution in [-0.4, -0.2) is 16.7 Å². The molecule has 1 atom stereocenters. The number of nitrogens with two attached hydrogens (primary N) is 1. The highest BCUT2D eigenvalue weighted by atomic mass is 16.5. The van der Waals surface area contributed by atoms with Crippen LogP contribution in [0.5, 0.6) is 0 Å². The lowest BCUT2D eigenvalue weighted by Crippen LogP contribution is -1.97. The third-order valence-electron chi connectivity index (χ3n) is 3.00. The van der Waals surface area contributed by atoms with Gasteiger partial charge in [0.1, 0.15) is 6.10 Å². The van der Waals surface area contributed by atoms with Crippen LogP contribution in [0.3, 0.4) is 0 Å². The minimum atomic E-state index is -0.0155. The normalized spacial score (nSPS) is 19.3. The third-order valence-corrected chi connectivity index (χ3v) is 3.00. The Labute approximate surface area is 111 Å². The Kier molecular flexibility index (Phi) is 3.29. The molecule has 5 nitrogen and oxygen atoms in total. The van der Waals surface area contributed by atoms with Crippen molar-refractivity contribution in [3.8, 4) is 0 Å². The molecule has 1 aromatic heterocycles. The van der Waals surface area contributed by atoms with Crippen molar-refractivity contribution < 1.29 is 9.26 Å². The second kappa shape index (κ2) is 5.24. The van der Waals surface area contributed by atoms with Gasteiger partial charge in [0.05, 0.1) is 0 Å². The summed E-state index contributed by atoms with van der Waals surface area (Å²) in [5.41, 5.74) is 7.44. The molecular formula is C14H15N3O2. The maximum Gasteiger partial charge on any atom is 0.250 e. The van der Waals surface area contributed by atoms with E-state index in [1.165, 1.54) is 0 Å². The number of hydrogen-bond donors (Lipinski definition) is 1. The van der Waals surface area contributed by atoms with Crippen molar-refractivity contribution in [1.82, 2.24) is 10.1 Å². The minimum Gasteiger partial charge on any atom is -0.399 e. The zero-order valence-electron chi connectivity index (χ0n) is 10.5. The quantitative estimate of drug-likeness (QED) is 0.856. The molecule has 1 aliphatic heterocycles. The zero-order chi connectivity index (χ0) is 13.1. The standard InChI is InChI=1S/C14H15N3O2/c15-11-4-1-3-10(9-11)6-7-13-16-14(17-19-13)12-5-2-8-18-12/h1,3-4,6-7,9,12H,2,5,8,15H2/b7-6+.